The highest BCUT2D eigenvalue weighted by Crippen LogP contribution is 2.44. The Kier molecular flexibility index (Phi) is 4.94. The van der Waals surface area contributed by atoms with E-state index in [-0.39, 0.29) is 22.9 Å². The Hall–Kier alpha value is -4.12. The van der Waals surface area contributed by atoms with E-state index in [1.807, 2.05) is 30.3 Å². The van der Waals surface area contributed by atoms with Crippen molar-refractivity contribution >= 4 is 17.2 Å². The molecule has 150 valence electrons. The molecule has 0 fully saturated rings. The normalized spacial score (nSPS) is 18.7. The van der Waals surface area contributed by atoms with Crippen LogP contribution in [0.1, 0.15) is 30.7 Å². The number of hydrogen-bond acceptors (Lipinski definition) is 7. The van der Waals surface area contributed by atoms with Gasteiger partial charge in [0, 0.05) is 29.8 Å². The number of anilines is 1. The van der Waals surface area contributed by atoms with Gasteiger partial charge in [0.2, 0.25) is 0 Å². The number of benzene rings is 2. The molecular weight excluding hydrogens is 382 g/mol. The molecule has 1 heterocycles. The third-order valence-corrected chi connectivity index (χ3v) is 5.37. The second kappa shape index (κ2) is 7.72. The van der Waals surface area contributed by atoms with Gasteiger partial charge >= 0.3 is 0 Å². The van der Waals surface area contributed by atoms with Crippen molar-refractivity contribution in [3.63, 3.8) is 0 Å². The number of nitro benzene ring substituents is 1. The minimum Gasteiger partial charge on any atom is -0.383 e. The zero-order chi connectivity index (χ0) is 21.3. The van der Waals surface area contributed by atoms with E-state index in [1.165, 1.54) is 12.1 Å². The number of nitrogens with one attached hydrogen (secondary N) is 1. The van der Waals surface area contributed by atoms with Crippen molar-refractivity contribution in [1.82, 2.24) is 5.01 Å². The SMILES string of the molecule is N#CC1=C(N)N(Nc2ccccc2)C2=C(C(=O)CCC2)C1c1ccc([N+](=O)[O-])cc1. The van der Waals surface area contributed by atoms with Crippen LogP contribution in [-0.4, -0.2) is 15.7 Å². The summed E-state index contributed by atoms with van der Waals surface area (Å²) < 4.78 is 0. The molecule has 4 rings (SSSR count). The van der Waals surface area contributed by atoms with Crippen LogP contribution in [0.5, 0.6) is 0 Å². The molecule has 0 saturated heterocycles. The molecule has 0 spiro atoms. The number of nitro groups is 1. The second-order valence-electron chi connectivity index (χ2n) is 7.14. The number of non-ortho nitro benzene ring substituents is 1. The Labute approximate surface area is 173 Å². The van der Waals surface area contributed by atoms with Crippen LogP contribution < -0.4 is 11.2 Å². The Morgan fingerprint density at radius 1 is 1.13 bits per heavy atom. The number of carbonyl (C=O) groups excluding carboxylic acids is 1. The van der Waals surface area contributed by atoms with Crippen molar-refractivity contribution in [2.75, 3.05) is 5.43 Å². The molecular formula is C22H19N5O3. The van der Waals surface area contributed by atoms with Gasteiger partial charge in [-0.1, -0.05) is 30.3 Å². The van der Waals surface area contributed by atoms with Crippen LogP contribution in [-0.2, 0) is 4.79 Å². The van der Waals surface area contributed by atoms with E-state index < -0.39 is 10.8 Å². The van der Waals surface area contributed by atoms with Gasteiger partial charge in [0.1, 0.15) is 5.82 Å². The van der Waals surface area contributed by atoms with Gasteiger partial charge in [-0.05, 0) is 30.5 Å². The third kappa shape index (κ3) is 3.26. The molecule has 0 saturated carbocycles. The number of carbonyl (C=O) groups is 1. The molecule has 0 aromatic heterocycles. The number of nitriles is 1. The average molecular weight is 401 g/mol. The maximum Gasteiger partial charge on any atom is 0.269 e. The van der Waals surface area contributed by atoms with E-state index in [0.29, 0.717) is 30.4 Å². The molecule has 0 radical (unpaired) electrons. The van der Waals surface area contributed by atoms with Gasteiger partial charge < -0.3 is 5.73 Å². The van der Waals surface area contributed by atoms with Crippen molar-refractivity contribution < 1.29 is 9.72 Å². The number of Topliss-reactive ketones (excluding diaryl/α,β-unsaturated/α-hetero) is 1. The first-order valence-electron chi connectivity index (χ1n) is 9.53. The van der Waals surface area contributed by atoms with Crippen LogP contribution in [0.3, 0.4) is 0 Å². The van der Waals surface area contributed by atoms with Crippen LogP contribution in [0.15, 0.2) is 77.3 Å². The van der Waals surface area contributed by atoms with Gasteiger partial charge in [0.15, 0.2) is 5.78 Å². The molecule has 0 amide bonds. The molecule has 1 unspecified atom stereocenters. The van der Waals surface area contributed by atoms with E-state index in [9.17, 15) is 20.2 Å². The summed E-state index contributed by atoms with van der Waals surface area (Å²) in [5, 5.41) is 22.5. The van der Waals surface area contributed by atoms with Crippen LogP contribution >= 0.6 is 0 Å². The lowest BCUT2D eigenvalue weighted by molar-refractivity contribution is -0.384. The van der Waals surface area contributed by atoms with Crippen LogP contribution in [0.25, 0.3) is 0 Å². The van der Waals surface area contributed by atoms with E-state index >= 15 is 0 Å². The highest BCUT2D eigenvalue weighted by Gasteiger charge is 2.40. The third-order valence-electron chi connectivity index (χ3n) is 5.37. The summed E-state index contributed by atoms with van der Waals surface area (Å²) in [5.41, 5.74) is 12.5. The molecule has 3 N–H and O–H groups in total. The maximum atomic E-state index is 13.0. The van der Waals surface area contributed by atoms with Gasteiger partial charge in [0.25, 0.3) is 5.69 Å². The molecule has 1 atom stereocenters. The number of allylic oxidation sites excluding steroid dienone is 3. The Bertz CT molecular complexity index is 1110. The fourth-order valence-corrected chi connectivity index (χ4v) is 3.98. The van der Waals surface area contributed by atoms with Crippen molar-refractivity contribution in [3.05, 3.63) is 92.9 Å². The summed E-state index contributed by atoms with van der Waals surface area (Å²) in [6, 6.07) is 17.5. The van der Waals surface area contributed by atoms with E-state index in [4.69, 9.17) is 5.73 Å². The highest BCUT2D eigenvalue weighted by molar-refractivity contribution is 5.99. The number of rotatable bonds is 4. The van der Waals surface area contributed by atoms with E-state index in [2.05, 4.69) is 11.5 Å². The molecule has 2 aliphatic rings. The summed E-state index contributed by atoms with van der Waals surface area (Å²) in [6.07, 6.45) is 1.71. The molecule has 30 heavy (non-hydrogen) atoms. The zero-order valence-electron chi connectivity index (χ0n) is 16.0. The minimum absolute atomic E-state index is 0.0419. The molecule has 2 aromatic carbocycles. The lowest BCUT2D eigenvalue weighted by Gasteiger charge is -2.39. The first-order valence-corrected chi connectivity index (χ1v) is 9.53. The minimum atomic E-state index is -0.646. The molecule has 8 heteroatoms. The average Bonchev–Trinajstić information content (AvgIpc) is 2.76. The topological polar surface area (TPSA) is 125 Å². The number of hydrogen-bond donors (Lipinski definition) is 2. The largest absolute Gasteiger partial charge is 0.383 e. The van der Waals surface area contributed by atoms with Crippen molar-refractivity contribution in [2.45, 2.75) is 25.2 Å². The Morgan fingerprint density at radius 3 is 2.47 bits per heavy atom. The van der Waals surface area contributed by atoms with Crippen molar-refractivity contribution in [1.29, 1.82) is 5.26 Å². The smallest absolute Gasteiger partial charge is 0.269 e. The van der Waals surface area contributed by atoms with Crippen LogP contribution in [0.4, 0.5) is 11.4 Å². The first-order chi connectivity index (χ1) is 14.5. The van der Waals surface area contributed by atoms with E-state index in [0.717, 1.165) is 11.4 Å². The first kappa shape index (κ1) is 19.2. The molecule has 1 aliphatic carbocycles. The predicted octanol–water partition coefficient (Wildman–Crippen LogP) is 3.72. The molecule has 0 bridgehead atoms. The maximum absolute atomic E-state index is 13.0. The molecule has 2 aromatic rings. The second-order valence-corrected chi connectivity index (χ2v) is 7.14. The summed E-state index contributed by atoms with van der Waals surface area (Å²) in [6.45, 7) is 0. The van der Waals surface area contributed by atoms with Crippen molar-refractivity contribution in [3.8, 4) is 6.07 Å². The monoisotopic (exact) mass is 401 g/mol. The molecule has 1 aliphatic heterocycles. The van der Waals surface area contributed by atoms with Gasteiger partial charge in [0.05, 0.1) is 28.2 Å². The summed E-state index contributed by atoms with van der Waals surface area (Å²) >= 11 is 0. The summed E-state index contributed by atoms with van der Waals surface area (Å²) in [4.78, 5) is 23.5. The zero-order valence-corrected chi connectivity index (χ0v) is 16.0. The number of nitrogens with two attached hydrogens (primary N) is 1. The van der Waals surface area contributed by atoms with Crippen LogP contribution in [0.2, 0.25) is 0 Å². The summed E-state index contributed by atoms with van der Waals surface area (Å²) in [5.74, 6) is -0.467. The Balaban J connectivity index is 1.84. The summed E-state index contributed by atoms with van der Waals surface area (Å²) in [7, 11) is 0. The molecule has 8 nitrogen and oxygen atoms in total. The van der Waals surface area contributed by atoms with E-state index in [1.54, 1.807) is 17.1 Å². The number of ketones is 1. The number of para-hydroxylation sites is 1. The fourth-order valence-electron chi connectivity index (χ4n) is 3.98. The van der Waals surface area contributed by atoms with Gasteiger partial charge in [-0.3, -0.25) is 20.3 Å². The quantitative estimate of drug-likeness (QED) is 0.591. The van der Waals surface area contributed by atoms with Gasteiger partial charge in [-0.15, -0.1) is 0 Å². The standard InChI is InChI=1S/C22H19N5O3/c23-13-17-20(14-9-11-16(12-10-14)27(29)30)21-18(7-4-8-19(21)28)26(22(17)24)25-15-5-2-1-3-6-15/h1-3,5-6,9-12,20,25H,4,7-8,24H2. The van der Waals surface area contributed by atoms with Crippen molar-refractivity contribution in [2.24, 2.45) is 5.73 Å². The lowest BCUT2D eigenvalue weighted by atomic mass is 9.76. The number of hydrazine groups is 1. The fraction of sp³-hybridized carbons (Fsp3) is 0.182. The number of nitrogens with zero attached hydrogens (tertiary/aromatic N) is 3. The van der Waals surface area contributed by atoms with Gasteiger partial charge in [-0.25, -0.2) is 5.01 Å². The predicted molar refractivity (Wildman–Crippen MR) is 110 cm³/mol. The van der Waals surface area contributed by atoms with Crippen LogP contribution in [0, 0.1) is 21.4 Å². The highest BCUT2D eigenvalue weighted by atomic mass is 16.6. The van der Waals surface area contributed by atoms with Gasteiger partial charge in [-0.2, -0.15) is 5.26 Å². The Morgan fingerprint density at radius 2 is 1.83 bits per heavy atom. The lowest BCUT2D eigenvalue weighted by Crippen LogP contribution is -2.41.